The molecule has 2 unspecified atom stereocenters. The van der Waals surface area contributed by atoms with Crippen LogP contribution in [-0.2, 0) is 6.42 Å². The van der Waals surface area contributed by atoms with Crippen LogP contribution < -0.4 is 5.73 Å². The molecule has 2 N–H and O–H groups in total. The number of nitrogens with two attached hydrogens (primary N) is 1. The summed E-state index contributed by atoms with van der Waals surface area (Å²) in [6.07, 6.45) is 4.06. The molecule has 1 saturated carbocycles. The third-order valence-electron chi connectivity index (χ3n) is 3.89. The molecule has 18 heavy (non-hydrogen) atoms. The second kappa shape index (κ2) is 5.30. The van der Waals surface area contributed by atoms with Gasteiger partial charge in [-0.2, -0.15) is 0 Å². The van der Waals surface area contributed by atoms with Crippen LogP contribution in [-0.4, -0.2) is 5.54 Å². The van der Waals surface area contributed by atoms with Crippen molar-refractivity contribution in [3.63, 3.8) is 0 Å². The average Bonchev–Trinajstić information content (AvgIpc) is 2.22. The van der Waals surface area contributed by atoms with Crippen molar-refractivity contribution in [2.24, 2.45) is 17.6 Å². The van der Waals surface area contributed by atoms with E-state index >= 15 is 0 Å². The van der Waals surface area contributed by atoms with E-state index in [1.165, 1.54) is 12.5 Å². The maximum absolute atomic E-state index is 13.5. The molecule has 2 rings (SSSR count). The van der Waals surface area contributed by atoms with E-state index in [0.29, 0.717) is 16.3 Å². The Labute approximate surface area is 117 Å². The molecule has 0 amide bonds. The molecule has 0 bridgehead atoms. The molecular formula is C15H21BrFN. The summed E-state index contributed by atoms with van der Waals surface area (Å²) in [5.74, 6) is 1.12. The quantitative estimate of drug-likeness (QED) is 0.866. The second-order valence-corrected chi connectivity index (χ2v) is 6.90. The molecule has 1 aliphatic carbocycles. The lowest BCUT2D eigenvalue weighted by molar-refractivity contribution is 0.182. The average molecular weight is 314 g/mol. The van der Waals surface area contributed by atoms with Gasteiger partial charge in [-0.05, 0) is 65.1 Å². The summed E-state index contributed by atoms with van der Waals surface area (Å²) in [6, 6.07) is 5.20. The first-order chi connectivity index (χ1) is 8.39. The number of halogens is 2. The zero-order valence-corrected chi connectivity index (χ0v) is 12.6. The monoisotopic (exact) mass is 313 g/mol. The first-order valence-electron chi connectivity index (χ1n) is 6.61. The first kappa shape index (κ1) is 14.0. The van der Waals surface area contributed by atoms with Crippen molar-refractivity contribution in [2.75, 3.05) is 0 Å². The maximum Gasteiger partial charge on any atom is 0.137 e. The van der Waals surface area contributed by atoms with E-state index in [0.717, 1.165) is 24.8 Å². The smallest absolute Gasteiger partial charge is 0.137 e. The van der Waals surface area contributed by atoms with Crippen LogP contribution in [0.3, 0.4) is 0 Å². The predicted molar refractivity (Wildman–Crippen MR) is 76.9 cm³/mol. The highest BCUT2D eigenvalue weighted by molar-refractivity contribution is 9.10. The van der Waals surface area contributed by atoms with Gasteiger partial charge in [0.05, 0.1) is 4.47 Å². The molecule has 1 nitrogen and oxygen atoms in total. The van der Waals surface area contributed by atoms with Gasteiger partial charge in [-0.3, -0.25) is 0 Å². The van der Waals surface area contributed by atoms with Gasteiger partial charge in [0, 0.05) is 5.54 Å². The molecule has 0 radical (unpaired) electrons. The zero-order valence-electron chi connectivity index (χ0n) is 11.0. The Hall–Kier alpha value is -0.410. The Kier molecular flexibility index (Phi) is 4.12. The lowest BCUT2D eigenvalue weighted by Gasteiger charge is -2.40. The normalized spacial score (nSPS) is 32.5. The molecule has 0 aromatic heterocycles. The summed E-state index contributed by atoms with van der Waals surface area (Å²) in [7, 11) is 0. The molecular weight excluding hydrogens is 293 g/mol. The predicted octanol–water partition coefficient (Wildman–Crippen LogP) is 4.28. The van der Waals surface area contributed by atoms with E-state index in [1.807, 2.05) is 6.07 Å². The van der Waals surface area contributed by atoms with E-state index < -0.39 is 0 Å². The van der Waals surface area contributed by atoms with Crippen molar-refractivity contribution in [1.82, 2.24) is 0 Å². The molecule has 0 heterocycles. The molecule has 1 aromatic carbocycles. The van der Waals surface area contributed by atoms with E-state index in [4.69, 9.17) is 5.73 Å². The fourth-order valence-electron chi connectivity index (χ4n) is 3.53. The summed E-state index contributed by atoms with van der Waals surface area (Å²) < 4.78 is 14.1. The van der Waals surface area contributed by atoms with Crippen LogP contribution in [0.15, 0.2) is 22.7 Å². The lowest BCUT2D eigenvalue weighted by Crippen LogP contribution is -2.48. The van der Waals surface area contributed by atoms with Gasteiger partial charge in [0.15, 0.2) is 0 Å². The van der Waals surface area contributed by atoms with Crippen LogP contribution >= 0.6 is 15.9 Å². The Bertz CT molecular complexity index is 423. The van der Waals surface area contributed by atoms with Crippen LogP contribution in [0.2, 0.25) is 0 Å². The van der Waals surface area contributed by atoms with Gasteiger partial charge < -0.3 is 5.73 Å². The third kappa shape index (κ3) is 3.12. The van der Waals surface area contributed by atoms with E-state index in [1.54, 1.807) is 6.07 Å². The summed E-state index contributed by atoms with van der Waals surface area (Å²) in [5, 5.41) is 0. The van der Waals surface area contributed by atoms with Gasteiger partial charge >= 0.3 is 0 Å². The van der Waals surface area contributed by atoms with Gasteiger partial charge in [0.1, 0.15) is 5.82 Å². The number of benzene rings is 1. The van der Waals surface area contributed by atoms with Gasteiger partial charge in [0.2, 0.25) is 0 Å². The number of hydrogen-bond acceptors (Lipinski definition) is 1. The Morgan fingerprint density at radius 2 is 1.94 bits per heavy atom. The van der Waals surface area contributed by atoms with Gasteiger partial charge in [0.25, 0.3) is 0 Å². The minimum Gasteiger partial charge on any atom is -0.325 e. The van der Waals surface area contributed by atoms with Crippen molar-refractivity contribution in [3.05, 3.63) is 34.1 Å². The van der Waals surface area contributed by atoms with Crippen molar-refractivity contribution in [3.8, 4) is 0 Å². The van der Waals surface area contributed by atoms with Crippen LogP contribution in [0.5, 0.6) is 0 Å². The van der Waals surface area contributed by atoms with E-state index in [9.17, 15) is 4.39 Å². The third-order valence-corrected chi connectivity index (χ3v) is 4.78. The molecule has 0 saturated heterocycles. The number of rotatable bonds is 2. The molecule has 1 fully saturated rings. The first-order valence-corrected chi connectivity index (χ1v) is 7.41. The summed E-state index contributed by atoms with van der Waals surface area (Å²) in [4.78, 5) is 0. The Morgan fingerprint density at radius 1 is 1.33 bits per heavy atom. The minimum absolute atomic E-state index is 0.187. The largest absolute Gasteiger partial charge is 0.325 e. The maximum atomic E-state index is 13.5. The van der Waals surface area contributed by atoms with Crippen LogP contribution in [0, 0.1) is 17.7 Å². The molecule has 100 valence electrons. The highest BCUT2D eigenvalue weighted by Gasteiger charge is 2.35. The topological polar surface area (TPSA) is 26.0 Å². The fraction of sp³-hybridized carbons (Fsp3) is 0.600. The molecule has 2 atom stereocenters. The SMILES string of the molecule is CC1CC(C)CC(N)(Cc2cccc(F)c2Br)C1. The summed E-state index contributed by atoms with van der Waals surface area (Å²) in [5.41, 5.74) is 7.35. The van der Waals surface area contributed by atoms with Crippen molar-refractivity contribution < 1.29 is 4.39 Å². The Morgan fingerprint density at radius 3 is 2.56 bits per heavy atom. The molecule has 0 spiro atoms. The standard InChI is InChI=1S/C15H21BrFN/c1-10-6-11(2)8-15(18,7-10)9-12-4-3-5-13(17)14(12)16/h3-5,10-11H,6-9,18H2,1-2H3. The molecule has 1 aliphatic rings. The van der Waals surface area contributed by atoms with Crippen molar-refractivity contribution >= 4 is 15.9 Å². The Balaban J connectivity index is 2.19. The van der Waals surface area contributed by atoms with E-state index in [-0.39, 0.29) is 11.4 Å². The van der Waals surface area contributed by atoms with Crippen LogP contribution in [0.4, 0.5) is 4.39 Å². The fourth-order valence-corrected chi connectivity index (χ4v) is 3.94. The van der Waals surface area contributed by atoms with Crippen molar-refractivity contribution in [2.45, 2.75) is 45.1 Å². The lowest BCUT2D eigenvalue weighted by atomic mass is 9.70. The minimum atomic E-state index is -0.201. The van der Waals surface area contributed by atoms with Gasteiger partial charge in [-0.25, -0.2) is 4.39 Å². The van der Waals surface area contributed by atoms with E-state index in [2.05, 4.69) is 29.8 Å². The van der Waals surface area contributed by atoms with Gasteiger partial charge in [-0.1, -0.05) is 26.0 Å². The van der Waals surface area contributed by atoms with Gasteiger partial charge in [-0.15, -0.1) is 0 Å². The van der Waals surface area contributed by atoms with Crippen LogP contribution in [0.1, 0.15) is 38.7 Å². The summed E-state index contributed by atoms with van der Waals surface area (Å²) >= 11 is 3.33. The van der Waals surface area contributed by atoms with Crippen molar-refractivity contribution in [1.29, 1.82) is 0 Å². The molecule has 3 heteroatoms. The summed E-state index contributed by atoms with van der Waals surface area (Å²) in [6.45, 7) is 4.52. The van der Waals surface area contributed by atoms with Crippen LogP contribution in [0.25, 0.3) is 0 Å². The molecule has 0 aliphatic heterocycles. The highest BCUT2D eigenvalue weighted by atomic mass is 79.9. The second-order valence-electron chi connectivity index (χ2n) is 6.11. The highest BCUT2D eigenvalue weighted by Crippen LogP contribution is 2.37. The molecule has 1 aromatic rings. The number of hydrogen-bond donors (Lipinski definition) is 1. The zero-order chi connectivity index (χ0) is 13.3.